The summed E-state index contributed by atoms with van der Waals surface area (Å²) in [4.78, 5) is 0.0581. The molecular weight excluding hydrogens is 373 g/mol. The van der Waals surface area contributed by atoms with Crippen LogP contribution in [0.5, 0.6) is 0 Å². The number of halogens is 2. The van der Waals surface area contributed by atoms with Crippen LogP contribution in [0.2, 0.25) is 0 Å². The van der Waals surface area contributed by atoms with Gasteiger partial charge in [-0.15, -0.1) is 0 Å². The van der Waals surface area contributed by atoms with Crippen molar-refractivity contribution in [3.8, 4) is 0 Å². The first kappa shape index (κ1) is 17.1. The lowest BCUT2D eigenvalue weighted by atomic mass is 10.4. The minimum atomic E-state index is -3.60. The molecule has 8 heteroatoms. The van der Waals surface area contributed by atoms with Crippen molar-refractivity contribution in [3.63, 3.8) is 0 Å². The molecule has 1 N–H and O–H groups in total. The Kier molecular flexibility index (Phi) is 5.36. The van der Waals surface area contributed by atoms with Crippen LogP contribution in [0.25, 0.3) is 0 Å². The second-order valence-electron chi connectivity index (χ2n) is 4.91. The second kappa shape index (κ2) is 6.89. The summed E-state index contributed by atoms with van der Waals surface area (Å²) in [5.74, 6) is -0.464. The third-order valence-electron chi connectivity index (χ3n) is 3.26. The standard InChI is InChI=1S/C14H17BrFN3O2S/c1-10-14(15)11(2)19(18-10)9-3-8-17-22(20,21)13-6-4-12(16)5-7-13/h4-7,17H,3,8-9H2,1-2H3. The molecule has 120 valence electrons. The summed E-state index contributed by atoms with van der Waals surface area (Å²) >= 11 is 3.45. The molecule has 22 heavy (non-hydrogen) atoms. The Hall–Kier alpha value is -1.25. The zero-order chi connectivity index (χ0) is 16.3. The van der Waals surface area contributed by atoms with Crippen molar-refractivity contribution in [1.29, 1.82) is 0 Å². The number of hydrogen-bond donors (Lipinski definition) is 1. The van der Waals surface area contributed by atoms with Crippen LogP contribution in [0.1, 0.15) is 17.8 Å². The predicted molar refractivity (Wildman–Crippen MR) is 85.6 cm³/mol. The molecule has 0 spiro atoms. The maximum absolute atomic E-state index is 12.8. The SMILES string of the molecule is Cc1nn(CCCNS(=O)(=O)c2ccc(F)cc2)c(C)c1Br. The summed E-state index contributed by atoms with van der Waals surface area (Å²) in [5, 5.41) is 4.36. The highest BCUT2D eigenvalue weighted by molar-refractivity contribution is 9.10. The molecule has 0 saturated carbocycles. The fourth-order valence-corrected chi connectivity index (χ4v) is 3.38. The maximum atomic E-state index is 12.8. The van der Waals surface area contributed by atoms with E-state index in [0.29, 0.717) is 13.0 Å². The zero-order valence-electron chi connectivity index (χ0n) is 12.3. The van der Waals surface area contributed by atoms with Gasteiger partial charge in [0, 0.05) is 18.8 Å². The van der Waals surface area contributed by atoms with Gasteiger partial charge in [0.1, 0.15) is 5.82 Å². The number of sulfonamides is 1. The Balaban J connectivity index is 1.90. The number of benzene rings is 1. The fourth-order valence-electron chi connectivity index (χ4n) is 2.03. The van der Waals surface area contributed by atoms with Gasteiger partial charge >= 0.3 is 0 Å². The van der Waals surface area contributed by atoms with Crippen molar-refractivity contribution in [3.05, 3.63) is 45.9 Å². The van der Waals surface area contributed by atoms with Gasteiger partial charge in [-0.25, -0.2) is 17.5 Å². The third-order valence-corrected chi connectivity index (χ3v) is 5.88. The zero-order valence-corrected chi connectivity index (χ0v) is 14.7. The van der Waals surface area contributed by atoms with Gasteiger partial charge in [-0.3, -0.25) is 4.68 Å². The van der Waals surface area contributed by atoms with Gasteiger partial charge in [-0.2, -0.15) is 5.10 Å². The first-order valence-corrected chi connectivity index (χ1v) is 9.03. The lowest BCUT2D eigenvalue weighted by molar-refractivity contribution is 0.544. The number of nitrogens with zero attached hydrogens (tertiary/aromatic N) is 2. The highest BCUT2D eigenvalue weighted by Crippen LogP contribution is 2.19. The topological polar surface area (TPSA) is 64.0 Å². The van der Waals surface area contributed by atoms with Gasteiger partial charge in [0.05, 0.1) is 15.1 Å². The molecule has 2 rings (SSSR count). The van der Waals surface area contributed by atoms with Crippen LogP contribution in [0.3, 0.4) is 0 Å². The summed E-state index contributed by atoms with van der Waals surface area (Å²) in [6.07, 6.45) is 0.606. The van der Waals surface area contributed by atoms with E-state index in [1.165, 1.54) is 12.1 Å². The molecule has 1 aromatic carbocycles. The van der Waals surface area contributed by atoms with Crippen molar-refractivity contribution >= 4 is 26.0 Å². The van der Waals surface area contributed by atoms with Crippen LogP contribution in [0, 0.1) is 19.7 Å². The number of rotatable bonds is 6. The van der Waals surface area contributed by atoms with Gasteiger partial charge in [-0.05, 0) is 60.5 Å². The molecule has 5 nitrogen and oxygen atoms in total. The van der Waals surface area contributed by atoms with E-state index in [0.717, 1.165) is 28.0 Å². The summed E-state index contributed by atoms with van der Waals surface area (Å²) in [6.45, 7) is 4.76. The fraction of sp³-hybridized carbons (Fsp3) is 0.357. The van der Waals surface area contributed by atoms with Crippen molar-refractivity contribution in [1.82, 2.24) is 14.5 Å². The summed E-state index contributed by atoms with van der Waals surface area (Å²) in [7, 11) is -3.60. The Morgan fingerprint density at radius 1 is 1.27 bits per heavy atom. The molecule has 0 bridgehead atoms. The first-order chi connectivity index (χ1) is 10.3. The van der Waals surface area contributed by atoms with Crippen LogP contribution in [0.4, 0.5) is 4.39 Å². The normalized spacial score (nSPS) is 11.8. The summed E-state index contributed by atoms with van der Waals surface area (Å²) in [5.41, 5.74) is 1.92. The molecule has 1 aromatic heterocycles. The molecule has 0 fully saturated rings. The van der Waals surface area contributed by atoms with Crippen LogP contribution >= 0.6 is 15.9 Å². The van der Waals surface area contributed by atoms with E-state index in [-0.39, 0.29) is 11.4 Å². The predicted octanol–water partition coefficient (Wildman–Crippen LogP) is 2.77. The Morgan fingerprint density at radius 2 is 1.91 bits per heavy atom. The van der Waals surface area contributed by atoms with E-state index in [2.05, 4.69) is 25.8 Å². The van der Waals surface area contributed by atoms with E-state index in [1.54, 1.807) is 0 Å². The average Bonchev–Trinajstić information content (AvgIpc) is 2.71. The summed E-state index contributed by atoms with van der Waals surface area (Å²) in [6, 6.07) is 4.75. The van der Waals surface area contributed by atoms with E-state index in [1.807, 2.05) is 18.5 Å². The molecule has 0 unspecified atom stereocenters. The number of nitrogens with one attached hydrogen (secondary N) is 1. The van der Waals surface area contributed by atoms with Crippen molar-refractivity contribution in [2.45, 2.75) is 31.7 Å². The van der Waals surface area contributed by atoms with Gasteiger partial charge in [0.25, 0.3) is 0 Å². The highest BCUT2D eigenvalue weighted by atomic mass is 79.9. The molecule has 0 aliphatic rings. The molecule has 0 saturated heterocycles. The molecule has 0 amide bonds. The van der Waals surface area contributed by atoms with Gasteiger partial charge < -0.3 is 0 Å². The van der Waals surface area contributed by atoms with Gasteiger partial charge in [0.2, 0.25) is 10.0 Å². The lowest BCUT2D eigenvalue weighted by Crippen LogP contribution is -2.25. The Morgan fingerprint density at radius 3 is 2.45 bits per heavy atom. The minimum absolute atomic E-state index is 0.0581. The first-order valence-electron chi connectivity index (χ1n) is 6.76. The molecule has 0 aliphatic heterocycles. The smallest absolute Gasteiger partial charge is 0.240 e. The second-order valence-corrected chi connectivity index (χ2v) is 7.47. The van der Waals surface area contributed by atoms with E-state index >= 15 is 0 Å². The van der Waals surface area contributed by atoms with Crippen LogP contribution in [-0.2, 0) is 16.6 Å². The molecule has 0 aliphatic carbocycles. The van der Waals surface area contributed by atoms with Crippen LogP contribution in [0.15, 0.2) is 33.6 Å². The average molecular weight is 390 g/mol. The molecule has 2 aromatic rings. The Bertz CT molecular complexity index is 757. The van der Waals surface area contributed by atoms with Crippen LogP contribution < -0.4 is 4.72 Å². The minimum Gasteiger partial charge on any atom is -0.268 e. The molecule has 0 atom stereocenters. The number of aromatic nitrogens is 2. The van der Waals surface area contributed by atoms with Crippen LogP contribution in [-0.4, -0.2) is 24.7 Å². The lowest BCUT2D eigenvalue weighted by Gasteiger charge is -2.08. The number of hydrogen-bond acceptors (Lipinski definition) is 3. The van der Waals surface area contributed by atoms with Crippen molar-refractivity contribution in [2.75, 3.05) is 6.54 Å². The quantitative estimate of drug-likeness (QED) is 0.772. The third kappa shape index (κ3) is 3.93. The molecule has 0 radical (unpaired) electrons. The summed E-state index contributed by atoms with van der Waals surface area (Å²) < 4.78 is 42.2. The maximum Gasteiger partial charge on any atom is 0.240 e. The number of aryl methyl sites for hydroxylation is 2. The highest BCUT2D eigenvalue weighted by Gasteiger charge is 2.13. The van der Waals surface area contributed by atoms with Gasteiger partial charge in [-0.1, -0.05) is 0 Å². The van der Waals surface area contributed by atoms with E-state index in [4.69, 9.17) is 0 Å². The van der Waals surface area contributed by atoms with Crippen molar-refractivity contribution in [2.24, 2.45) is 0 Å². The van der Waals surface area contributed by atoms with E-state index < -0.39 is 15.8 Å². The largest absolute Gasteiger partial charge is 0.268 e. The molecule has 1 heterocycles. The van der Waals surface area contributed by atoms with E-state index in [9.17, 15) is 12.8 Å². The monoisotopic (exact) mass is 389 g/mol. The molecular formula is C14H17BrFN3O2S. The van der Waals surface area contributed by atoms with Gasteiger partial charge in [0.15, 0.2) is 0 Å². The Labute approximate surface area is 137 Å². The van der Waals surface area contributed by atoms with Crippen molar-refractivity contribution < 1.29 is 12.8 Å².